The van der Waals surface area contributed by atoms with Crippen LogP contribution in [-0.2, 0) is 0 Å². The molecule has 0 nitrogen and oxygen atoms in total. The standard InChI is InChI=1S/C7H6Br2/c8-6-2-1-3-7(9)5-4-6/h1-6H. The second kappa shape index (κ2) is 3.37. The second-order valence-corrected chi connectivity index (χ2v) is 3.71. The molecule has 48 valence electrons. The maximum atomic E-state index is 3.44. The molecule has 0 aliphatic heterocycles. The van der Waals surface area contributed by atoms with Crippen LogP contribution in [0.4, 0.5) is 0 Å². The first-order chi connectivity index (χ1) is 4.29. The predicted molar refractivity (Wildman–Crippen MR) is 48.0 cm³/mol. The highest BCUT2D eigenvalue weighted by atomic mass is 79.9. The lowest BCUT2D eigenvalue weighted by molar-refractivity contribution is 1.46. The van der Waals surface area contributed by atoms with Crippen molar-refractivity contribution in [3.05, 3.63) is 34.9 Å². The van der Waals surface area contributed by atoms with Crippen LogP contribution < -0.4 is 0 Å². The Balaban J connectivity index is 2.75. The van der Waals surface area contributed by atoms with Crippen LogP contribution in [0.15, 0.2) is 34.9 Å². The fourth-order valence-corrected chi connectivity index (χ4v) is 1.19. The van der Waals surface area contributed by atoms with Gasteiger partial charge in [0.2, 0.25) is 0 Å². The average molecular weight is 250 g/mol. The van der Waals surface area contributed by atoms with Crippen molar-refractivity contribution in [2.75, 3.05) is 0 Å². The fraction of sp³-hybridized carbons (Fsp3) is 0.143. The minimum absolute atomic E-state index is 0.379. The van der Waals surface area contributed by atoms with Gasteiger partial charge in [-0.25, -0.2) is 0 Å². The molecule has 1 aliphatic rings. The molecule has 1 unspecified atom stereocenters. The summed E-state index contributed by atoms with van der Waals surface area (Å²) in [6.45, 7) is 0. The molecule has 9 heavy (non-hydrogen) atoms. The second-order valence-electron chi connectivity index (χ2n) is 1.74. The third-order valence-corrected chi connectivity index (χ3v) is 2.13. The van der Waals surface area contributed by atoms with Gasteiger partial charge in [0.05, 0.1) is 4.83 Å². The summed E-state index contributed by atoms with van der Waals surface area (Å²) in [4.78, 5) is 0.379. The maximum absolute atomic E-state index is 3.44. The van der Waals surface area contributed by atoms with Gasteiger partial charge in [0.25, 0.3) is 0 Å². The van der Waals surface area contributed by atoms with Gasteiger partial charge in [0.1, 0.15) is 0 Å². The van der Waals surface area contributed by atoms with E-state index >= 15 is 0 Å². The van der Waals surface area contributed by atoms with Gasteiger partial charge in [-0.1, -0.05) is 56.2 Å². The minimum atomic E-state index is 0.379. The number of alkyl halides is 1. The third kappa shape index (κ3) is 2.50. The van der Waals surface area contributed by atoms with Crippen molar-refractivity contribution < 1.29 is 0 Å². The number of rotatable bonds is 0. The lowest BCUT2D eigenvalue weighted by atomic mass is 10.4. The maximum Gasteiger partial charge on any atom is 0.0512 e. The van der Waals surface area contributed by atoms with E-state index in [2.05, 4.69) is 44.0 Å². The van der Waals surface area contributed by atoms with Gasteiger partial charge in [-0.05, 0) is 6.08 Å². The molecule has 0 aromatic carbocycles. The highest BCUT2D eigenvalue weighted by Gasteiger charge is 1.93. The molecule has 1 atom stereocenters. The molecule has 0 fully saturated rings. The van der Waals surface area contributed by atoms with Crippen molar-refractivity contribution in [1.29, 1.82) is 0 Å². The zero-order chi connectivity index (χ0) is 6.69. The molecule has 0 radical (unpaired) electrons. The molecule has 0 heterocycles. The van der Waals surface area contributed by atoms with Crippen molar-refractivity contribution in [3.63, 3.8) is 0 Å². The zero-order valence-electron chi connectivity index (χ0n) is 4.72. The van der Waals surface area contributed by atoms with E-state index in [1.807, 2.05) is 18.2 Å². The number of hydrogen-bond donors (Lipinski definition) is 0. The number of allylic oxidation sites excluding steroid dienone is 6. The molecule has 1 rings (SSSR count). The molecular formula is C7H6Br2. The van der Waals surface area contributed by atoms with Crippen LogP contribution in [-0.4, -0.2) is 4.83 Å². The average Bonchev–Trinajstić information content (AvgIpc) is 1.97. The Morgan fingerprint density at radius 3 is 2.89 bits per heavy atom. The summed E-state index contributed by atoms with van der Waals surface area (Å²) in [5.74, 6) is 0. The zero-order valence-corrected chi connectivity index (χ0v) is 7.89. The Morgan fingerprint density at radius 1 is 1.33 bits per heavy atom. The first-order valence-electron chi connectivity index (χ1n) is 2.65. The van der Waals surface area contributed by atoms with Crippen LogP contribution in [0.3, 0.4) is 0 Å². The normalized spacial score (nSPS) is 25.6. The van der Waals surface area contributed by atoms with Gasteiger partial charge in [0.15, 0.2) is 0 Å². The molecule has 0 saturated heterocycles. The highest BCUT2D eigenvalue weighted by molar-refractivity contribution is 9.12. The molecule has 0 aromatic rings. The SMILES string of the molecule is BrC1=CC=CC(Br)C=C1. The lowest BCUT2D eigenvalue weighted by Crippen LogP contribution is -1.80. The summed E-state index contributed by atoms with van der Waals surface area (Å²) in [6, 6.07) is 0. The van der Waals surface area contributed by atoms with Crippen LogP contribution >= 0.6 is 31.9 Å². The first kappa shape index (κ1) is 7.29. The summed E-state index contributed by atoms with van der Waals surface area (Å²) in [6.07, 6.45) is 10.2. The minimum Gasteiger partial charge on any atom is -0.0799 e. The van der Waals surface area contributed by atoms with E-state index in [1.165, 1.54) is 0 Å². The van der Waals surface area contributed by atoms with Crippen LogP contribution in [0, 0.1) is 0 Å². The summed E-state index contributed by atoms with van der Waals surface area (Å²) in [7, 11) is 0. The Labute approximate surface area is 71.6 Å². The van der Waals surface area contributed by atoms with E-state index in [4.69, 9.17) is 0 Å². The molecule has 0 N–H and O–H groups in total. The van der Waals surface area contributed by atoms with Gasteiger partial charge in [-0.3, -0.25) is 0 Å². The summed E-state index contributed by atoms with van der Waals surface area (Å²) >= 11 is 6.81. The third-order valence-electron chi connectivity index (χ3n) is 0.990. The monoisotopic (exact) mass is 248 g/mol. The van der Waals surface area contributed by atoms with Crippen LogP contribution in [0.25, 0.3) is 0 Å². The van der Waals surface area contributed by atoms with Crippen molar-refractivity contribution in [3.8, 4) is 0 Å². The van der Waals surface area contributed by atoms with Gasteiger partial charge in [-0.15, -0.1) is 0 Å². The first-order valence-corrected chi connectivity index (χ1v) is 4.36. The molecule has 2 heteroatoms. The van der Waals surface area contributed by atoms with E-state index < -0.39 is 0 Å². The Hall–Kier alpha value is 0.180. The quantitative estimate of drug-likeness (QED) is 0.579. The topological polar surface area (TPSA) is 0 Å². The van der Waals surface area contributed by atoms with Crippen molar-refractivity contribution >= 4 is 31.9 Å². The van der Waals surface area contributed by atoms with E-state index in [1.54, 1.807) is 0 Å². The summed E-state index contributed by atoms with van der Waals surface area (Å²) < 4.78 is 1.11. The van der Waals surface area contributed by atoms with E-state index in [0.29, 0.717) is 4.83 Å². The van der Waals surface area contributed by atoms with Crippen LogP contribution in [0.2, 0.25) is 0 Å². The molecule has 0 aromatic heterocycles. The molecule has 0 spiro atoms. The number of hydrogen-bond acceptors (Lipinski definition) is 0. The van der Waals surface area contributed by atoms with Crippen molar-refractivity contribution in [2.24, 2.45) is 0 Å². The fourth-order valence-electron chi connectivity index (χ4n) is 0.557. The smallest absolute Gasteiger partial charge is 0.0512 e. The van der Waals surface area contributed by atoms with Crippen molar-refractivity contribution in [2.45, 2.75) is 4.83 Å². The number of halogens is 2. The van der Waals surface area contributed by atoms with Gasteiger partial charge >= 0.3 is 0 Å². The molecular weight excluding hydrogens is 244 g/mol. The Bertz CT molecular complexity index is 177. The van der Waals surface area contributed by atoms with Crippen LogP contribution in [0.1, 0.15) is 0 Å². The Morgan fingerprint density at radius 2 is 2.11 bits per heavy atom. The largest absolute Gasteiger partial charge is 0.0799 e. The summed E-state index contributed by atoms with van der Waals surface area (Å²) in [5.41, 5.74) is 0. The van der Waals surface area contributed by atoms with Gasteiger partial charge in [0, 0.05) is 4.48 Å². The van der Waals surface area contributed by atoms with E-state index in [9.17, 15) is 0 Å². The van der Waals surface area contributed by atoms with Gasteiger partial charge < -0.3 is 0 Å². The molecule has 0 amide bonds. The molecule has 0 bridgehead atoms. The lowest BCUT2D eigenvalue weighted by Gasteiger charge is -1.88. The highest BCUT2D eigenvalue weighted by Crippen LogP contribution is 2.14. The molecule has 0 saturated carbocycles. The molecule has 1 aliphatic carbocycles. The van der Waals surface area contributed by atoms with Crippen molar-refractivity contribution in [1.82, 2.24) is 0 Å². The predicted octanol–water partition coefficient (Wildman–Crippen LogP) is 3.15. The van der Waals surface area contributed by atoms with Gasteiger partial charge in [-0.2, -0.15) is 0 Å². The van der Waals surface area contributed by atoms with E-state index in [0.717, 1.165) is 4.48 Å². The van der Waals surface area contributed by atoms with E-state index in [-0.39, 0.29) is 0 Å². The van der Waals surface area contributed by atoms with Crippen LogP contribution in [0.5, 0.6) is 0 Å². The summed E-state index contributed by atoms with van der Waals surface area (Å²) in [5, 5.41) is 0. The Kier molecular flexibility index (Phi) is 2.73.